The van der Waals surface area contributed by atoms with Gasteiger partial charge in [0.05, 0.1) is 48.9 Å². The van der Waals surface area contributed by atoms with Crippen LogP contribution < -0.4 is 19.3 Å². The first-order valence-electron chi connectivity index (χ1n) is 24.5. The molecule has 0 aromatic heterocycles. The summed E-state index contributed by atoms with van der Waals surface area (Å²) in [7, 11) is 3.39. The van der Waals surface area contributed by atoms with Gasteiger partial charge in [-0.1, -0.05) is 121 Å². The van der Waals surface area contributed by atoms with E-state index < -0.39 is 0 Å². The number of ether oxygens (including phenoxy) is 2. The number of hydrogen-bond donors (Lipinski definition) is 0. The largest absolute Gasteiger partial charge is 0.497 e. The fraction of sp³-hybridized carbons (Fsp3) is 0.0294. The molecule has 0 atom stereocenters. The molecule has 6 nitrogen and oxygen atoms in total. The zero-order valence-electron chi connectivity index (χ0n) is 40.7. The summed E-state index contributed by atoms with van der Waals surface area (Å²) in [6.07, 6.45) is 0. The molecule has 0 heterocycles. The minimum atomic E-state index is 0.616. The molecule has 12 aromatic rings. The first-order chi connectivity index (χ1) is 36.5. The molecule has 350 valence electrons. The van der Waals surface area contributed by atoms with Gasteiger partial charge in [-0.2, -0.15) is 10.5 Å². The van der Waals surface area contributed by atoms with Crippen LogP contribution >= 0.6 is 0 Å². The van der Waals surface area contributed by atoms with Gasteiger partial charge in [-0.3, -0.25) is 0 Å². The van der Waals surface area contributed by atoms with Crippen LogP contribution in [0.5, 0.6) is 11.5 Å². The second-order valence-corrected chi connectivity index (χ2v) is 18.3. The maximum absolute atomic E-state index is 9.68. The zero-order valence-corrected chi connectivity index (χ0v) is 40.7. The van der Waals surface area contributed by atoms with Gasteiger partial charge in [0, 0.05) is 33.5 Å². The fourth-order valence-corrected chi connectivity index (χ4v) is 10.4. The Kier molecular flexibility index (Phi) is 11.7. The number of rotatable bonds is 12. The number of hydrogen-bond acceptors (Lipinski definition) is 6. The molecule has 74 heavy (non-hydrogen) atoms. The third-order valence-corrected chi connectivity index (χ3v) is 14.0. The van der Waals surface area contributed by atoms with Crippen LogP contribution in [0.4, 0.5) is 34.1 Å². The summed E-state index contributed by atoms with van der Waals surface area (Å²) in [6.45, 7) is 0. The van der Waals surface area contributed by atoms with E-state index in [1.54, 1.807) is 14.2 Å². The lowest BCUT2D eigenvalue weighted by Gasteiger charge is -2.30. The van der Waals surface area contributed by atoms with Crippen molar-refractivity contribution in [3.63, 3.8) is 0 Å². The third-order valence-electron chi connectivity index (χ3n) is 14.0. The molecule has 0 fully saturated rings. The number of nitriles is 2. The van der Waals surface area contributed by atoms with Crippen LogP contribution in [0.15, 0.2) is 243 Å². The highest BCUT2D eigenvalue weighted by atomic mass is 16.5. The molecule has 0 aliphatic rings. The van der Waals surface area contributed by atoms with Crippen molar-refractivity contribution in [2.45, 2.75) is 0 Å². The van der Waals surface area contributed by atoms with E-state index in [1.165, 1.54) is 0 Å². The van der Waals surface area contributed by atoms with Gasteiger partial charge in [-0.25, -0.2) is 0 Å². The topological polar surface area (TPSA) is 72.5 Å². The van der Waals surface area contributed by atoms with Gasteiger partial charge in [0.25, 0.3) is 0 Å². The lowest BCUT2D eigenvalue weighted by Crippen LogP contribution is -2.12. The van der Waals surface area contributed by atoms with E-state index in [0.717, 1.165) is 122 Å². The second-order valence-electron chi connectivity index (χ2n) is 18.3. The summed E-state index contributed by atoms with van der Waals surface area (Å²) >= 11 is 0. The standard InChI is InChI=1S/C68H46N4O2/c1-73-61-29-25-57(26-30-61)71(59-39-53(47-9-5-3-6-10-47)37-55(41-59)49-17-13-45(43-69)14-18-49)65-35-23-51-22-34-64-66(36-24-52-21-33-63(65)67(51)68(52)64)72(58-27-31-62(74-2)32-28-58)60-40-54(48-11-7-4-8-12-48)38-56(42-60)50-19-15-46(44-70)16-20-50/h3-42H,1-2H3. The molecule has 0 spiro atoms. The third kappa shape index (κ3) is 8.33. The van der Waals surface area contributed by atoms with E-state index in [2.05, 4.69) is 180 Å². The van der Waals surface area contributed by atoms with E-state index in [1.807, 2.05) is 84.9 Å². The van der Waals surface area contributed by atoms with Crippen LogP contribution in [0.1, 0.15) is 11.1 Å². The first kappa shape index (κ1) is 45.0. The smallest absolute Gasteiger partial charge is 0.119 e. The Balaban J connectivity index is 1.10. The number of methoxy groups -OCH3 is 2. The average molecular weight is 951 g/mol. The van der Waals surface area contributed by atoms with Gasteiger partial charge in [0.15, 0.2) is 0 Å². The summed E-state index contributed by atoms with van der Waals surface area (Å²) in [5, 5.41) is 26.2. The molecule has 0 aliphatic carbocycles. The van der Waals surface area contributed by atoms with E-state index in [-0.39, 0.29) is 0 Å². The highest BCUT2D eigenvalue weighted by Gasteiger charge is 2.24. The quantitative estimate of drug-likeness (QED) is 0.114. The van der Waals surface area contributed by atoms with Crippen LogP contribution in [0.25, 0.3) is 76.8 Å². The molecule has 12 aromatic carbocycles. The minimum Gasteiger partial charge on any atom is -0.497 e. The number of nitrogens with zero attached hydrogens (tertiary/aromatic N) is 4. The Morgan fingerprint density at radius 2 is 0.649 bits per heavy atom. The molecule has 12 rings (SSSR count). The van der Waals surface area contributed by atoms with Crippen molar-refractivity contribution in [2.75, 3.05) is 24.0 Å². The summed E-state index contributed by atoms with van der Waals surface area (Å²) in [6, 6.07) is 89.2. The average Bonchev–Trinajstić information content (AvgIpc) is 3.48. The summed E-state index contributed by atoms with van der Waals surface area (Å²) in [5.74, 6) is 1.54. The van der Waals surface area contributed by atoms with Crippen molar-refractivity contribution in [3.8, 4) is 68.1 Å². The minimum absolute atomic E-state index is 0.616. The van der Waals surface area contributed by atoms with Crippen LogP contribution in [0.2, 0.25) is 0 Å². The molecule has 0 aliphatic heterocycles. The summed E-state index contributed by atoms with van der Waals surface area (Å²) in [5.41, 5.74) is 15.6. The monoisotopic (exact) mass is 950 g/mol. The van der Waals surface area contributed by atoms with Gasteiger partial charge in [-0.05, 0) is 187 Å². The van der Waals surface area contributed by atoms with Gasteiger partial charge in [0.2, 0.25) is 0 Å². The van der Waals surface area contributed by atoms with E-state index in [0.29, 0.717) is 11.1 Å². The lowest BCUT2D eigenvalue weighted by atomic mass is 9.91. The number of benzene rings is 12. The summed E-state index contributed by atoms with van der Waals surface area (Å²) < 4.78 is 11.4. The predicted molar refractivity (Wildman–Crippen MR) is 304 cm³/mol. The normalized spacial score (nSPS) is 11.1. The molecule has 0 saturated heterocycles. The Morgan fingerprint density at radius 3 is 0.986 bits per heavy atom. The zero-order chi connectivity index (χ0) is 50.1. The molecule has 0 radical (unpaired) electrons. The van der Waals surface area contributed by atoms with Crippen molar-refractivity contribution >= 4 is 66.4 Å². The van der Waals surface area contributed by atoms with Crippen molar-refractivity contribution in [2.24, 2.45) is 0 Å². The predicted octanol–water partition coefficient (Wildman–Crippen LogP) is 18.0. The Hall–Kier alpha value is -10.1. The molecule has 0 N–H and O–H groups in total. The van der Waals surface area contributed by atoms with E-state index in [9.17, 15) is 10.5 Å². The Labute approximate surface area is 430 Å². The van der Waals surface area contributed by atoms with Crippen LogP contribution in [0, 0.1) is 22.7 Å². The van der Waals surface area contributed by atoms with E-state index in [4.69, 9.17) is 9.47 Å². The maximum atomic E-state index is 9.68. The molecule has 0 bridgehead atoms. The molecular weight excluding hydrogens is 905 g/mol. The van der Waals surface area contributed by atoms with Crippen LogP contribution in [0.3, 0.4) is 0 Å². The molecule has 0 saturated carbocycles. The van der Waals surface area contributed by atoms with Gasteiger partial charge < -0.3 is 19.3 Å². The van der Waals surface area contributed by atoms with E-state index >= 15 is 0 Å². The van der Waals surface area contributed by atoms with Crippen molar-refractivity contribution in [1.82, 2.24) is 0 Å². The SMILES string of the molecule is COc1ccc(N(c2cc(-c3ccccc3)cc(-c3ccc(C#N)cc3)c2)c2ccc3ccc4c(N(c5ccc(OC)cc5)c5cc(-c6ccccc6)cc(-c6ccc(C#N)cc6)c5)ccc5ccc2c3c54)cc1. The molecule has 0 unspecified atom stereocenters. The Bertz CT molecular complexity index is 3820. The van der Waals surface area contributed by atoms with Crippen molar-refractivity contribution in [1.29, 1.82) is 10.5 Å². The lowest BCUT2D eigenvalue weighted by molar-refractivity contribution is 0.414. The first-order valence-corrected chi connectivity index (χ1v) is 24.5. The van der Waals surface area contributed by atoms with Crippen LogP contribution in [-0.4, -0.2) is 14.2 Å². The van der Waals surface area contributed by atoms with Crippen molar-refractivity contribution in [3.05, 3.63) is 254 Å². The highest BCUT2D eigenvalue weighted by molar-refractivity contribution is 6.28. The van der Waals surface area contributed by atoms with Crippen molar-refractivity contribution < 1.29 is 9.47 Å². The highest BCUT2D eigenvalue weighted by Crippen LogP contribution is 2.49. The van der Waals surface area contributed by atoms with Gasteiger partial charge >= 0.3 is 0 Å². The number of anilines is 6. The fourth-order valence-electron chi connectivity index (χ4n) is 10.4. The molecular formula is C68H46N4O2. The molecule has 0 amide bonds. The van der Waals surface area contributed by atoms with Gasteiger partial charge in [0.1, 0.15) is 11.5 Å². The summed E-state index contributed by atoms with van der Waals surface area (Å²) in [4.78, 5) is 4.71. The second kappa shape index (κ2) is 19.2. The van der Waals surface area contributed by atoms with Crippen LogP contribution in [-0.2, 0) is 0 Å². The molecule has 6 heteroatoms. The van der Waals surface area contributed by atoms with Gasteiger partial charge in [-0.15, -0.1) is 0 Å². The maximum Gasteiger partial charge on any atom is 0.119 e. The Morgan fingerprint density at radius 1 is 0.311 bits per heavy atom.